The van der Waals surface area contributed by atoms with Gasteiger partial charge >= 0.3 is 0 Å². The van der Waals surface area contributed by atoms with E-state index >= 15 is 0 Å². The molecule has 0 bridgehead atoms. The number of ether oxygens (including phenoxy) is 2. The molecule has 4 nitrogen and oxygen atoms in total. The smallest absolute Gasteiger partial charge is 0.161 e. The monoisotopic (exact) mass is 258 g/mol. The van der Waals surface area contributed by atoms with Crippen molar-refractivity contribution in [1.29, 1.82) is 0 Å². The van der Waals surface area contributed by atoms with E-state index in [2.05, 4.69) is 4.98 Å². The van der Waals surface area contributed by atoms with Crippen molar-refractivity contribution in [1.82, 2.24) is 4.98 Å². The second-order valence-corrected chi connectivity index (χ2v) is 4.35. The van der Waals surface area contributed by atoms with Crippen LogP contribution in [0, 0.1) is 6.92 Å². The average Bonchev–Trinajstić information content (AvgIpc) is 2.45. The van der Waals surface area contributed by atoms with Gasteiger partial charge in [-0.1, -0.05) is 6.07 Å². The topological polar surface area (TPSA) is 57.4 Å². The molecule has 4 heteroatoms. The third-order valence-corrected chi connectivity index (χ3v) is 2.79. The number of aryl methyl sites for hydroxylation is 1. The summed E-state index contributed by atoms with van der Waals surface area (Å²) in [5.41, 5.74) is 8.77. The van der Waals surface area contributed by atoms with Gasteiger partial charge in [0.25, 0.3) is 0 Å². The molecule has 1 aromatic heterocycles. The molecule has 0 saturated carbocycles. The zero-order valence-electron chi connectivity index (χ0n) is 11.2. The van der Waals surface area contributed by atoms with Crippen molar-refractivity contribution in [3.8, 4) is 11.5 Å². The molecule has 0 radical (unpaired) electrons. The molecule has 0 aliphatic carbocycles. The van der Waals surface area contributed by atoms with Crippen LogP contribution < -0.4 is 15.2 Å². The van der Waals surface area contributed by atoms with Gasteiger partial charge in [-0.05, 0) is 36.2 Å². The van der Waals surface area contributed by atoms with Crippen LogP contribution in [0.5, 0.6) is 11.5 Å². The van der Waals surface area contributed by atoms with Gasteiger partial charge in [0.05, 0.1) is 7.11 Å². The molecule has 100 valence electrons. The van der Waals surface area contributed by atoms with E-state index < -0.39 is 0 Å². The average molecular weight is 258 g/mol. The first-order chi connectivity index (χ1) is 9.22. The first-order valence-electron chi connectivity index (χ1n) is 6.13. The van der Waals surface area contributed by atoms with Gasteiger partial charge in [0.15, 0.2) is 11.5 Å². The summed E-state index contributed by atoms with van der Waals surface area (Å²) in [5, 5.41) is 0. The van der Waals surface area contributed by atoms with Crippen molar-refractivity contribution < 1.29 is 9.47 Å². The van der Waals surface area contributed by atoms with Crippen LogP contribution in [0.25, 0.3) is 0 Å². The highest BCUT2D eigenvalue weighted by Crippen LogP contribution is 2.28. The Hall–Kier alpha value is -2.07. The lowest BCUT2D eigenvalue weighted by molar-refractivity contribution is 0.284. The summed E-state index contributed by atoms with van der Waals surface area (Å²) in [6.07, 6.45) is 3.62. The van der Waals surface area contributed by atoms with Crippen LogP contribution in [-0.4, -0.2) is 12.1 Å². The zero-order valence-corrected chi connectivity index (χ0v) is 11.2. The van der Waals surface area contributed by atoms with E-state index in [4.69, 9.17) is 15.2 Å². The van der Waals surface area contributed by atoms with E-state index in [1.807, 2.05) is 37.4 Å². The number of aromatic nitrogens is 1. The fourth-order valence-corrected chi connectivity index (χ4v) is 1.82. The fourth-order valence-electron chi connectivity index (χ4n) is 1.82. The van der Waals surface area contributed by atoms with Crippen molar-refractivity contribution >= 4 is 0 Å². The van der Waals surface area contributed by atoms with Crippen LogP contribution in [0.1, 0.15) is 16.7 Å². The maximum Gasteiger partial charge on any atom is 0.161 e. The summed E-state index contributed by atoms with van der Waals surface area (Å²) in [4.78, 5) is 4.14. The Balaban J connectivity index is 2.11. The lowest BCUT2D eigenvalue weighted by atomic mass is 10.2. The molecule has 2 N–H and O–H groups in total. The van der Waals surface area contributed by atoms with Crippen LogP contribution in [0.3, 0.4) is 0 Å². The van der Waals surface area contributed by atoms with Crippen molar-refractivity contribution in [2.24, 2.45) is 5.73 Å². The Morgan fingerprint density at radius 2 is 1.95 bits per heavy atom. The predicted octanol–water partition coefficient (Wildman–Crippen LogP) is 2.44. The van der Waals surface area contributed by atoms with Gasteiger partial charge in [0.1, 0.15) is 6.61 Å². The summed E-state index contributed by atoms with van der Waals surface area (Å²) in [6, 6.07) is 7.76. The minimum atomic E-state index is 0.465. The largest absolute Gasteiger partial charge is 0.493 e. The number of methoxy groups -OCH3 is 1. The number of nitrogens with two attached hydrogens (primary N) is 1. The quantitative estimate of drug-likeness (QED) is 0.895. The van der Waals surface area contributed by atoms with E-state index in [-0.39, 0.29) is 0 Å². The molecule has 0 spiro atoms. The van der Waals surface area contributed by atoms with Crippen LogP contribution in [0.4, 0.5) is 0 Å². The molecule has 19 heavy (non-hydrogen) atoms. The minimum Gasteiger partial charge on any atom is -0.493 e. The summed E-state index contributed by atoms with van der Waals surface area (Å²) in [7, 11) is 1.62. The van der Waals surface area contributed by atoms with E-state index in [0.717, 1.165) is 16.7 Å². The molecule has 0 saturated heterocycles. The lowest BCUT2D eigenvalue weighted by Crippen LogP contribution is -2.01. The molecule has 0 fully saturated rings. The summed E-state index contributed by atoms with van der Waals surface area (Å²) < 4.78 is 11.1. The summed E-state index contributed by atoms with van der Waals surface area (Å²) in [5.74, 6) is 1.41. The van der Waals surface area contributed by atoms with Gasteiger partial charge in [-0.15, -0.1) is 0 Å². The van der Waals surface area contributed by atoms with E-state index in [9.17, 15) is 0 Å². The Labute approximate surface area is 113 Å². The molecule has 0 amide bonds. The Bertz CT molecular complexity index is 556. The molecule has 0 unspecified atom stereocenters. The van der Waals surface area contributed by atoms with Gasteiger partial charge in [0, 0.05) is 24.5 Å². The van der Waals surface area contributed by atoms with Crippen LogP contribution in [-0.2, 0) is 13.2 Å². The number of pyridine rings is 1. The summed E-state index contributed by atoms with van der Waals surface area (Å²) in [6.45, 7) is 2.96. The van der Waals surface area contributed by atoms with E-state index in [1.165, 1.54) is 0 Å². The fraction of sp³-hybridized carbons (Fsp3) is 0.267. The molecule has 0 atom stereocenters. The van der Waals surface area contributed by atoms with Crippen molar-refractivity contribution in [3.05, 3.63) is 53.3 Å². The zero-order chi connectivity index (χ0) is 13.7. The first-order valence-corrected chi connectivity index (χ1v) is 6.13. The molecule has 1 heterocycles. The SMILES string of the molecule is COc1cc(CN)ccc1OCc1cncc(C)c1. The molecule has 1 aromatic carbocycles. The predicted molar refractivity (Wildman–Crippen MR) is 74.2 cm³/mol. The second kappa shape index (κ2) is 6.20. The second-order valence-electron chi connectivity index (χ2n) is 4.35. The van der Waals surface area contributed by atoms with Crippen LogP contribution >= 0.6 is 0 Å². The molecule has 0 aliphatic rings. The van der Waals surface area contributed by atoms with Crippen molar-refractivity contribution in [2.45, 2.75) is 20.1 Å². The molecule has 0 aliphatic heterocycles. The third-order valence-electron chi connectivity index (χ3n) is 2.79. The molecule has 2 aromatic rings. The third kappa shape index (κ3) is 3.45. The normalized spacial score (nSPS) is 10.3. The van der Waals surface area contributed by atoms with Gasteiger partial charge < -0.3 is 15.2 Å². The van der Waals surface area contributed by atoms with Crippen molar-refractivity contribution in [3.63, 3.8) is 0 Å². The highest BCUT2D eigenvalue weighted by Gasteiger charge is 2.05. The lowest BCUT2D eigenvalue weighted by Gasteiger charge is -2.12. The molecular formula is C15H18N2O2. The van der Waals surface area contributed by atoms with E-state index in [0.29, 0.717) is 24.7 Å². The van der Waals surface area contributed by atoms with Gasteiger partial charge in [-0.3, -0.25) is 4.98 Å². The van der Waals surface area contributed by atoms with Crippen LogP contribution in [0.2, 0.25) is 0 Å². The standard InChI is InChI=1S/C15H18N2O2/c1-11-5-13(9-17-8-11)10-19-14-4-3-12(7-16)6-15(14)18-2/h3-6,8-9H,7,10,16H2,1-2H3. The number of benzene rings is 1. The van der Waals surface area contributed by atoms with E-state index in [1.54, 1.807) is 13.3 Å². The minimum absolute atomic E-state index is 0.465. The number of nitrogens with zero attached hydrogens (tertiary/aromatic N) is 1. The first kappa shape index (κ1) is 13.4. The highest BCUT2D eigenvalue weighted by atomic mass is 16.5. The van der Waals surface area contributed by atoms with Crippen molar-refractivity contribution in [2.75, 3.05) is 7.11 Å². The Morgan fingerprint density at radius 1 is 1.11 bits per heavy atom. The Morgan fingerprint density at radius 3 is 2.63 bits per heavy atom. The highest BCUT2D eigenvalue weighted by molar-refractivity contribution is 5.43. The summed E-state index contributed by atoms with van der Waals surface area (Å²) >= 11 is 0. The van der Waals surface area contributed by atoms with Gasteiger partial charge in [-0.25, -0.2) is 0 Å². The van der Waals surface area contributed by atoms with Gasteiger partial charge in [-0.2, -0.15) is 0 Å². The Kier molecular flexibility index (Phi) is 4.36. The number of hydrogen-bond acceptors (Lipinski definition) is 4. The number of rotatable bonds is 5. The maximum atomic E-state index is 5.76. The molecular weight excluding hydrogens is 240 g/mol. The van der Waals surface area contributed by atoms with Crippen LogP contribution in [0.15, 0.2) is 36.7 Å². The number of hydrogen-bond donors (Lipinski definition) is 1. The molecule has 2 rings (SSSR count). The maximum absolute atomic E-state index is 5.76. The van der Waals surface area contributed by atoms with Gasteiger partial charge in [0.2, 0.25) is 0 Å².